The molecule has 0 fully saturated rings. The Morgan fingerprint density at radius 1 is 1.17 bits per heavy atom. The highest BCUT2D eigenvalue weighted by molar-refractivity contribution is 5.42. The van der Waals surface area contributed by atoms with E-state index >= 15 is 0 Å². The van der Waals surface area contributed by atoms with E-state index in [1.807, 2.05) is 12.1 Å². The summed E-state index contributed by atoms with van der Waals surface area (Å²) in [6.07, 6.45) is 8.06. The van der Waals surface area contributed by atoms with Gasteiger partial charge in [-0.05, 0) is 37.0 Å². The fourth-order valence-electron chi connectivity index (χ4n) is 2.23. The summed E-state index contributed by atoms with van der Waals surface area (Å²) in [6, 6.07) is 6.66. The van der Waals surface area contributed by atoms with Crippen LogP contribution >= 0.6 is 0 Å². The van der Waals surface area contributed by atoms with Crippen molar-refractivity contribution in [2.75, 3.05) is 14.2 Å². The molecule has 1 atom stereocenters. The van der Waals surface area contributed by atoms with Crippen molar-refractivity contribution in [3.8, 4) is 11.5 Å². The predicted octanol–water partition coefficient (Wildman–Crippen LogP) is 2.90. The van der Waals surface area contributed by atoms with Crippen LogP contribution in [0.15, 0.2) is 30.4 Å². The highest BCUT2D eigenvalue weighted by Crippen LogP contribution is 2.27. The van der Waals surface area contributed by atoms with E-state index in [1.165, 1.54) is 18.4 Å². The van der Waals surface area contributed by atoms with Crippen LogP contribution in [0, 0.1) is 0 Å². The molecule has 0 saturated heterocycles. The van der Waals surface area contributed by atoms with Crippen LogP contribution in [-0.2, 0) is 6.54 Å². The molecule has 0 radical (unpaired) electrons. The normalized spacial score (nSPS) is 18.7. The van der Waals surface area contributed by atoms with Crippen molar-refractivity contribution in [2.45, 2.75) is 31.8 Å². The van der Waals surface area contributed by atoms with Crippen molar-refractivity contribution in [3.63, 3.8) is 0 Å². The number of hydrogen-bond donors (Lipinski definition) is 1. The maximum Gasteiger partial charge on any atom is 0.161 e. The zero-order valence-electron chi connectivity index (χ0n) is 11.1. The SMILES string of the molecule is COc1ccc(CNC2CC=CCC2)cc1OC. The quantitative estimate of drug-likeness (QED) is 0.812. The van der Waals surface area contributed by atoms with Crippen LogP contribution < -0.4 is 14.8 Å². The summed E-state index contributed by atoms with van der Waals surface area (Å²) in [5.74, 6) is 1.57. The van der Waals surface area contributed by atoms with Gasteiger partial charge in [0.2, 0.25) is 0 Å². The molecule has 0 bridgehead atoms. The molecule has 3 heteroatoms. The monoisotopic (exact) mass is 247 g/mol. The van der Waals surface area contributed by atoms with Crippen LogP contribution in [0.1, 0.15) is 24.8 Å². The van der Waals surface area contributed by atoms with E-state index in [9.17, 15) is 0 Å². The number of rotatable bonds is 5. The molecule has 0 saturated carbocycles. The molecule has 0 aromatic heterocycles. The first-order chi connectivity index (χ1) is 8.83. The van der Waals surface area contributed by atoms with Crippen LogP contribution in [-0.4, -0.2) is 20.3 Å². The van der Waals surface area contributed by atoms with Gasteiger partial charge in [-0.3, -0.25) is 0 Å². The van der Waals surface area contributed by atoms with Crippen LogP contribution in [0.5, 0.6) is 11.5 Å². The van der Waals surface area contributed by atoms with E-state index < -0.39 is 0 Å². The first kappa shape index (κ1) is 13.0. The lowest BCUT2D eigenvalue weighted by molar-refractivity contribution is 0.354. The Morgan fingerprint density at radius 3 is 2.67 bits per heavy atom. The van der Waals surface area contributed by atoms with E-state index in [-0.39, 0.29) is 0 Å². The van der Waals surface area contributed by atoms with E-state index in [0.717, 1.165) is 24.5 Å². The lowest BCUT2D eigenvalue weighted by atomic mass is 10.0. The molecule has 1 aromatic rings. The van der Waals surface area contributed by atoms with Crippen molar-refractivity contribution in [1.82, 2.24) is 5.32 Å². The summed E-state index contributed by atoms with van der Waals surface area (Å²) in [5.41, 5.74) is 1.22. The molecule has 1 aliphatic rings. The average molecular weight is 247 g/mol. The number of ether oxygens (including phenoxy) is 2. The molecule has 0 heterocycles. The van der Waals surface area contributed by atoms with E-state index in [4.69, 9.17) is 9.47 Å². The van der Waals surface area contributed by atoms with Gasteiger partial charge in [0, 0.05) is 12.6 Å². The molecule has 98 valence electrons. The van der Waals surface area contributed by atoms with Crippen LogP contribution in [0.2, 0.25) is 0 Å². The number of benzene rings is 1. The zero-order valence-corrected chi connectivity index (χ0v) is 11.1. The highest BCUT2D eigenvalue weighted by atomic mass is 16.5. The number of nitrogens with one attached hydrogen (secondary N) is 1. The predicted molar refractivity (Wildman–Crippen MR) is 73.2 cm³/mol. The minimum Gasteiger partial charge on any atom is -0.493 e. The Hall–Kier alpha value is -1.48. The summed E-state index contributed by atoms with van der Waals surface area (Å²) < 4.78 is 10.5. The third kappa shape index (κ3) is 3.26. The Labute approximate surface area is 109 Å². The average Bonchev–Trinajstić information content (AvgIpc) is 2.45. The van der Waals surface area contributed by atoms with Gasteiger partial charge in [-0.25, -0.2) is 0 Å². The fourth-order valence-corrected chi connectivity index (χ4v) is 2.23. The van der Waals surface area contributed by atoms with Crippen LogP contribution in [0.25, 0.3) is 0 Å². The van der Waals surface area contributed by atoms with Gasteiger partial charge in [0.1, 0.15) is 0 Å². The van der Waals surface area contributed by atoms with Gasteiger partial charge in [-0.2, -0.15) is 0 Å². The largest absolute Gasteiger partial charge is 0.493 e. The Balaban J connectivity index is 1.94. The van der Waals surface area contributed by atoms with Gasteiger partial charge in [0.05, 0.1) is 14.2 Å². The summed E-state index contributed by atoms with van der Waals surface area (Å²) in [6.45, 7) is 0.874. The molecule has 2 rings (SSSR count). The second-order valence-electron chi connectivity index (χ2n) is 4.55. The molecule has 1 unspecified atom stereocenters. The molecule has 0 amide bonds. The number of allylic oxidation sites excluding steroid dienone is 1. The van der Waals surface area contributed by atoms with Crippen LogP contribution in [0.4, 0.5) is 0 Å². The molecule has 1 aliphatic carbocycles. The first-order valence-electron chi connectivity index (χ1n) is 6.42. The minimum atomic E-state index is 0.600. The summed E-state index contributed by atoms with van der Waals surface area (Å²) in [4.78, 5) is 0. The van der Waals surface area contributed by atoms with Crippen molar-refractivity contribution < 1.29 is 9.47 Å². The summed E-state index contributed by atoms with van der Waals surface area (Å²) in [5, 5.41) is 3.58. The molecule has 0 spiro atoms. The maximum atomic E-state index is 5.30. The molecular formula is C15H21NO2. The van der Waals surface area contributed by atoms with Crippen molar-refractivity contribution >= 4 is 0 Å². The summed E-state index contributed by atoms with van der Waals surface area (Å²) >= 11 is 0. The van der Waals surface area contributed by atoms with Crippen molar-refractivity contribution in [1.29, 1.82) is 0 Å². The first-order valence-corrected chi connectivity index (χ1v) is 6.42. The Kier molecular flexibility index (Phi) is 4.65. The second kappa shape index (κ2) is 6.45. The van der Waals surface area contributed by atoms with E-state index in [1.54, 1.807) is 14.2 Å². The molecule has 18 heavy (non-hydrogen) atoms. The third-order valence-corrected chi connectivity index (χ3v) is 3.31. The van der Waals surface area contributed by atoms with E-state index in [0.29, 0.717) is 6.04 Å². The second-order valence-corrected chi connectivity index (χ2v) is 4.55. The molecular weight excluding hydrogens is 226 g/mol. The lowest BCUT2D eigenvalue weighted by Gasteiger charge is -2.19. The van der Waals surface area contributed by atoms with Gasteiger partial charge >= 0.3 is 0 Å². The van der Waals surface area contributed by atoms with E-state index in [2.05, 4.69) is 23.5 Å². The van der Waals surface area contributed by atoms with Gasteiger partial charge in [0.15, 0.2) is 11.5 Å². The number of hydrogen-bond acceptors (Lipinski definition) is 3. The maximum absolute atomic E-state index is 5.30. The zero-order chi connectivity index (χ0) is 12.8. The molecule has 3 nitrogen and oxygen atoms in total. The lowest BCUT2D eigenvalue weighted by Crippen LogP contribution is -2.29. The van der Waals surface area contributed by atoms with Crippen LogP contribution in [0.3, 0.4) is 0 Å². The van der Waals surface area contributed by atoms with Gasteiger partial charge < -0.3 is 14.8 Å². The fraction of sp³-hybridized carbons (Fsp3) is 0.467. The van der Waals surface area contributed by atoms with Gasteiger partial charge in [-0.15, -0.1) is 0 Å². The third-order valence-electron chi connectivity index (χ3n) is 3.31. The smallest absolute Gasteiger partial charge is 0.161 e. The van der Waals surface area contributed by atoms with Crippen molar-refractivity contribution in [3.05, 3.63) is 35.9 Å². The summed E-state index contributed by atoms with van der Waals surface area (Å²) in [7, 11) is 3.32. The Bertz CT molecular complexity index is 415. The van der Waals surface area contributed by atoms with Gasteiger partial charge in [0.25, 0.3) is 0 Å². The van der Waals surface area contributed by atoms with Gasteiger partial charge in [-0.1, -0.05) is 18.2 Å². The van der Waals surface area contributed by atoms with Crippen molar-refractivity contribution in [2.24, 2.45) is 0 Å². The molecule has 0 aliphatic heterocycles. The minimum absolute atomic E-state index is 0.600. The number of methoxy groups -OCH3 is 2. The highest BCUT2D eigenvalue weighted by Gasteiger charge is 2.10. The topological polar surface area (TPSA) is 30.5 Å². The Morgan fingerprint density at radius 2 is 2.00 bits per heavy atom. The molecule has 1 N–H and O–H groups in total. The molecule has 1 aromatic carbocycles. The standard InChI is InChI=1S/C15H21NO2/c1-17-14-9-8-12(10-15(14)18-2)11-16-13-6-4-3-5-7-13/h3-4,8-10,13,16H,5-7,11H2,1-2H3.